The lowest BCUT2D eigenvalue weighted by molar-refractivity contribution is -0.129. The van der Waals surface area contributed by atoms with Gasteiger partial charge in [-0.1, -0.05) is 32.0 Å². The zero-order chi connectivity index (χ0) is 19.4. The largest absolute Gasteiger partial charge is 0.339 e. The highest BCUT2D eigenvalue weighted by Crippen LogP contribution is 2.24. The number of anilines is 2. The number of nitrogens with one attached hydrogen (secondary N) is 1. The van der Waals surface area contributed by atoms with E-state index in [1.165, 1.54) is 0 Å². The summed E-state index contributed by atoms with van der Waals surface area (Å²) in [5, 5.41) is 2.95. The Bertz CT molecular complexity index is 811. The molecule has 0 aliphatic carbocycles. The normalized spacial score (nSPS) is 14.4. The zero-order valence-electron chi connectivity index (χ0n) is 16.0. The molecule has 0 unspecified atom stereocenters. The van der Waals surface area contributed by atoms with Gasteiger partial charge in [-0.05, 0) is 17.5 Å². The average molecular weight is 367 g/mol. The molecule has 0 bridgehead atoms. The fourth-order valence-corrected chi connectivity index (χ4v) is 3.13. The van der Waals surface area contributed by atoms with Crippen molar-refractivity contribution in [2.75, 3.05) is 36.4 Å². The van der Waals surface area contributed by atoms with Crippen molar-refractivity contribution in [3.8, 4) is 0 Å². The standard InChI is InChI=1S/C20H25N5O2/c1-14(2)17-6-4-5-7-18(17)23-19(27)16-12-21-20(22-13-16)25-10-8-24(9-11-25)15(3)26/h4-7,12-14H,8-11H2,1-3H3,(H,23,27). The highest BCUT2D eigenvalue weighted by molar-refractivity contribution is 6.04. The predicted molar refractivity (Wildman–Crippen MR) is 105 cm³/mol. The Hall–Kier alpha value is -2.96. The van der Waals surface area contributed by atoms with E-state index in [-0.39, 0.29) is 11.8 Å². The second kappa shape index (κ2) is 8.16. The van der Waals surface area contributed by atoms with Gasteiger partial charge in [-0.3, -0.25) is 9.59 Å². The minimum absolute atomic E-state index is 0.0873. The van der Waals surface area contributed by atoms with Crippen LogP contribution in [0.3, 0.4) is 0 Å². The second-order valence-corrected chi connectivity index (χ2v) is 6.96. The fourth-order valence-electron chi connectivity index (χ4n) is 3.13. The highest BCUT2D eigenvalue weighted by atomic mass is 16.2. The van der Waals surface area contributed by atoms with Gasteiger partial charge in [0.15, 0.2) is 0 Å². The molecule has 0 atom stereocenters. The van der Waals surface area contributed by atoms with Gasteiger partial charge in [-0.2, -0.15) is 0 Å². The third-order valence-corrected chi connectivity index (χ3v) is 4.74. The molecule has 0 spiro atoms. The Morgan fingerprint density at radius 3 is 2.26 bits per heavy atom. The van der Waals surface area contributed by atoms with Gasteiger partial charge in [0.2, 0.25) is 11.9 Å². The van der Waals surface area contributed by atoms with Gasteiger partial charge in [-0.15, -0.1) is 0 Å². The molecule has 7 nitrogen and oxygen atoms in total. The van der Waals surface area contributed by atoms with Crippen molar-refractivity contribution in [3.05, 3.63) is 47.8 Å². The number of aromatic nitrogens is 2. The molecule has 1 aromatic heterocycles. The molecule has 27 heavy (non-hydrogen) atoms. The van der Waals surface area contributed by atoms with Gasteiger partial charge in [0, 0.05) is 51.2 Å². The molecule has 1 saturated heterocycles. The molecule has 1 N–H and O–H groups in total. The van der Waals surface area contributed by atoms with Crippen LogP contribution in [0.4, 0.5) is 11.6 Å². The minimum Gasteiger partial charge on any atom is -0.339 e. The lowest BCUT2D eigenvalue weighted by atomic mass is 10.0. The van der Waals surface area contributed by atoms with Crippen LogP contribution in [-0.2, 0) is 4.79 Å². The molecular weight excluding hydrogens is 342 g/mol. The topological polar surface area (TPSA) is 78.4 Å². The number of amides is 2. The summed E-state index contributed by atoms with van der Waals surface area (Å²) in [6, 6.07) is 7.79. The van der Waals surface area contributed by atoms with Gasteiger partial charge >= 0.3 is 0 Å². The first-order valence-electron chi connectivity index (χ1n) is 9.18. The molecule has 7 heteroatoms. The van der Waals surface area contributed by atoms with Crippen LogP contribution in [-0.4, -0.2) is 52.9 Å². The van der Waals surface area contributed by atoms with E-state index >= 15 is 0 Å². The fraction of sp³-hybridized carbons (Fsp3) is 0.400. The number of nitrogens with zero attached hydrogens (tertiary/aromatic N) is 4. The number of para-hydroxylation sites is 1. The Morgan fingerprint density at radius 2 is 1.67 bits per heavy atom. The molecular formula is C20H25N5O2. The van der Waals surface area contributed by atoms with Crippen LogP contribution >= 0.6 is 0 Å². The summed E-state index contributed by atoms with van der Waals surface area (Å²) in [5.74, 6) is 0.756. The zero-order valence-corrected chi connectivity index (χ0v) is 16.0. The number of carbonyl (C=O) groups is 2. The number of hydrogen-bond acceptors (Lipinski definition) is 5. The van der Waals surface area contributed by atoms with Gasteiger partial charge in [-0.25, -0.2) is 9.97 Å². The average Bonchev–Trinajstić information content (AvgIpc) is 2.68. The van der Waals surface area contributed by atoms with Gasteiger partial charge in [0.1, 0.15) is 0 Å². The van der Waals surface area contributed by atoms with Crippen LogP contribution in [0.25, 0.3) is 0 Å². The van der Waals surface area contributed by atoms with E-state index < -0.39 is 0 Å². The molecule has 2 amide bonds. The van der Waals surface area contributed by atoms with Crippen molar-refractivity contribution in [2.24, 2.45) is 0 Å². The number of carbonyl (C=O) groups excluding carboxylic acids is 2. The van der Waals surface area contributed by atoms with E-state index in [0.29, 0.717) is 43.6 Å². The monoisotopic (exact) mass is 367 g/mol. The van der Waals surface area contributed by atoms with E-state index in [0.717, 1.165) is 11.3 Å². The van der Waals surface area contributed by atoms with E-state index in [1.807, 2.05) is 34.1 Å². The van der Waals surface area contributed by atoms with Crippen LogP contribution in [0, 0.1) is 0 Å². The lowest BCUT2D eigenvalue weighted by Gasteiger charge is -2.34. The summed E-state index contributed by atoms with van der Waals surface area (Å²) >= 11 is 0. The molecule has 2 aromatic rings. The summed E-state index contributed by atoms with van der Waals surface area (Å²) < 4.78 is 0. The quantitative estimate of drug-likeness (QED) is 0.898. The number of piperazine rings is 1. The van der Waals surface area contributed by atoms with Gasteiger partial charge in [0.25, 0.3) is 5.91 Å². The molecule has 0 radical (unpaired) electrons. The van der Waals surface area contributed by atoms with Crippen LogP contribution in [0.5, 0.6) is 0 Å². The summed E-state index contributed by atoms with van der Waals surface area (Å²) in [6.45, 7) is 8.46. The second-order valence-electron chi connectivity index (χ2n) is 6.96. The molecule has 1 aliphatic rings. The molecule has 3 rings (SSSR count). The first-order chi connectivity index (χ1) is 13.0. The summed E-state index contributed by atoms with van der Waals surface area (Å²) in [5.41, 5.74) is 2.31. The third-order valence-electron chi connectivity index (χ3n) is 4.74. The molecule has 2 heterocycles. The van der Waals surface area contributed by atoms with Crippen molar-refractivity contribution in [1.82, 2.24) is 14.9 Å². The maximum atomic E-state index is 12.5. The SMILES string of the molecule is CC(=O)N1CCN(c2ncc(C(=O)Nc3ccccc3C(C)C)cn2)CC1. The van der Waals surface area contributed by atoms with Crippen LogP contribution in [0.2, 0.25) is 0 Å². The molecule has 0 saturated carbocycles. The van der Waals surface area contributed by atoms with E-state index in [9.17, 15) is 9.59 Å². The van der Waals surface area contributed by atoms with Gasteiger partial charge in [0.05, 0.1) is 5.56 Å². The number of hydrogen-bond donors (Lipinski definition) is 1. The van der Waals surface area contributed by atoms with Crippen molar-refractivity contribution in [2.45, 2.75) is 26.7 Å². The van der Waals surface area contributed by atoms with Crippen LogP contribution in [0.15, 0.2) is 36.7 Å². The Morgan fingerprint density at radius 1 is 1.04 bits per heavy atom. The first-order valence-corrected chi connectivity index (χ1v) is 9.18. The smallest absolute Gasteiger partial charge is 0.258 e. The lowest BCUT2D eigenvalue weighted by Crippen LogP contribution is -2.48. The van der Waals surface area contributed by atoms with Crippen molar-refractivity contribution in [3.63, 3.8) is 0 Å². The van der Waals surface area contributed by atoms with Crippen molar-refractivity contribution < 1.29 is 9.59 Å². The van der Waals surface area contributed by atoms with Crippen molar-refractivity contribution >= 4 is 23.5 Å². The van der Waals surface area contributed by atoms with Crippen molar-refractivity contribution in [1.29, 1.82) is 0 Å². The maximum absolute atomic E-state index is 12.5. The molecule has 1 aliphatic heterocycles. The first kappa shape index (κ1) is 18.8. The molecule has 1 aromatic carbocycles. The summed E-state index contributed by atoms with van der Waals surface area (Å²) in [4.78, 5) is 36.5. The Kier molecular flexibility index (Phi) is 5.69. The number of rotatable bonds is 4. The van der Waals surface area contributed by atoms with E-state index in [4.69, 9.17) is 0 Å². The van der Waals surface area contributed by atoms with Crippen LogP contribution in [0.1, 0.15) is 42.6 Å². The summed E-state index contributed by atoms with van der Waals surface area (Å²) in [7, 11) is 0. The Labute approximate surface area is 159 Å². The highest BCUT2D eigenvalue weighted by Gasteiger charge is 2.20. The number of benzene rings is 1. The van der Waals surface area contributed by atoms with Crippen LogP contribution < -0.4 is 10.2 Å². The van der Waals surface area contributed by atoms with E-state index in [1.54, 1.807) is 19.3 Å². The predicted octanol–water partition coefficient (Wildman–Crippen LogP) is 2.52. The van der Waals surface area contributed by atoms with E-state index in [2.05, 4.69) is 29.1 Å². The molecule has 142 valence electrons. The molecule has 1 fully saturated rings. The minimum atomic E-state index is -0.226. The third kappa shape index (κ3) is 4.42. The summed E-state index contributed by atoms with van der Waals surface area (Å²) in [6.07, 6.45) is 3.10. The van der Waals surface area contributed by atoms with Gasteiger partial charge < -0.3 is 15.1 Å². The Balaban J connectivity index is 1.65. The maximum Gasteiger partial charge on any atom is 0.258 e.